The molecule has 1 aromatic heterocycles. The molecule has 2 amide bonds. The van der Waals surface area contributed by atoms with Crippen molar-refractivity contribution in [1.29, 1.82) is 0 Å². The van der Waals surface area contributed by atoms with Crippen LogP contribution in [0.25, 0.3) is 0 Å². The van der Waals surface area contributed by atoms with E-state index in [-0.39, 0.29) is 17.7 Å². The van der Waals surface area contributed by atoms with Gasteiger partial charge in [-0.2, -0.15) is 10.2 Å². The SMILES string of the molecule is CCN1N=C(C(=O)N2CCC[C@H](c3cc(C)[nH]n3)C2)CCC1=O. The molecule has 3 heterocycles. The number of aromatic amines is 1. The van der Waals surface area contributed by atoms with Gasteiger partial charge in [-0.1, -0.05) is 0 Å². The highest BCUT2D eigenvalue weighted by molar-refractivity contribution is 6.39. The summed E-state index contributed by atoms with van der Waals surface area (Å²) >= 11 is 0. The number of amides is 2. The summed E-state index contributed by atoms with van der Waals surface area (Å²) in [5.41, 5.74) is 2.57. The van der Waals surface area contributed by atoms with Gasteiger partial charge in [0.15, 0.2) is 0 Å². The lowest BCUT2D eigenvalue weighted by Gasteiger charge is -2.33. The molecular weight excluding hydrogens is 294 g/mol. The number of carbonyl (C=O) groups is 2. The molecule has 1 atom stereocenters. The molecule has 1 saturated heterocycles. The number of piperidine rings is 1. The Hall–Kier alpha value is -2.18. The zero-order chi connectivity index (χ0) is 16.4. The second-order valence-electron chi connectivity index (χ2n) is 6.22. The third kappa shape index (κ3) is 3.28. The van der Waals surface area contributed by atoms with Gasteiger partial charge in [0.1, 0.15) is 5.71 Å². The number of hydrogen-bond donors (Lipinski definition) is 1. The number of hydrazone groups is 1. The molecule has 0 unspecified atom stereocenters. The van der Waals surface area contributed by atoms with Gasteiger partial charge in [0.2, 0.25) is 5.91 Å². The summed E-state index contributed by atoms with van der Waals surface area (Å²) < 4.78 is 0. The Labute approximate surface area is 135 Å². The lowest BCUT2D eigenvalue weighted by atomic mass is 9.94. The van der Waals surface area contributed by atoms with Crippen LogP contribution in [-0.2, 0) is 9.59 Å². The minimum Gasteiger partial charge on any atom is -0.337 e. The van der Waals surface area contributed by atoms with E-state index >= 15 is 0 Å². The fraction of sp³-hybridized carbons (Fsp3) is 0.625. The van der Waals surface area contributed by atoms with Crippen LogP contribution in [0.3, 0.4) is 0 Å². The highest BCUT2D eigenvalue weighted by Crippen LogP contribution is 2.26. The summed E-state index contributed by atoms with van der Waals surface area (Å²) in [5.74, 6) is 0.228. The molecule has 0 aromatic carbocycles. The molecule has 0 bridgehead atoms. The highest BCUT2D eigenvalue weighted by Gasteiger charge is 2.31. The van der Waals surface area contributed by atoms with Crippen LogP contribution in [0.5, 0.6) is 0 Å². The Morgan fingerprint density at radius 2 is 2.26 bits per heavy atom. The van der Waals surface area contributed by atoms with Gasteiger partial charge in [0.05, 0.1) is 5.69 Å². The first-order valence-corrected chi connectivity index (χ1v) is 8.27. The first-order valence-electron chi connectivity index (χ1n) is 8.27. The second kappa shape index (κ2) is 6.52. The first kappa shape index (κ1) is 15.7. The van der Waals surface area contributed by atoms with Crippen molar-refractivity contribution < 1.29 is 9.59 Å². The van der Waals surface area contributed by atoms with Gasteiger partial charge in [0.25, 0.3) is 5.91 Å². The molecular formula is C16H23N5O2. The summed E-state index contributed by atoms with van der Waals surface area (Å²) in [6, 6.07) is 2.05. The van der Waals surface area contributed by atoms with Crippen molar-refractivity contribution in [3.8, 4) is 0 Å². The number of likely N-dealkylation sites (tertiary alicyclic amines) is 1. The van der Waals surface area contributed by atoms with E-state index in [4.69, 9.17) is 0 Å². The molecule has 0 spiro atoms. The minimum atomic E-state index is -0.0343. The summed E-state index contributed by atoms with van der Waals surface area (Å²) in [4.78, 5) is 26.3. The average Bonchev–Trinajstić information content (AvgIpc) is 3.01. The molecule has 1 N–H and O–H groups in total. The molecule has 0 aliphatic carbocycles. The number of rotatable bonds is 3. The highest BCUT2D eigenvalue weighted by atomic mass is 16.2. The van der Waals surface area contributed by atoms with E-state index in [2.05, 4.69) is 15.3 Å². The van der Waals surface area contributed by atoms with Gasteiger partial charge >= 0.3 is 0 Å². The normalized spacial score (nSPS) is 22.3. The Morgan fingerprint density at radius 3 is 2.96 bits per heavy atom. The maximum Gasteiger partial charge on any atom is 0.270 e. The maximum atomic E-state index is 12.7. The van der Waals surface area contributed by atoms with Crippen LogP contribution in [0.2, 0.25) is 0 Å². The number of H-pyrrole nitrogens is 1. The fourth-order valence-corrected chi connectivity index (χ4v) is 3.24. The number of hydrogen-bond acceptors (Lipinski definition) is 4. The van der Waals surface area contributed by atoms with Crippen LogP contribution in [0.1, 0.15) is 49.9 Å². The number of nitrogens with one attached hydrogen (secondary N) is 1. The minimum absolute atomic E-state index is 0.00688. The van der Waals surface area contributed by atoms with E-state index in [0.29, 0.717) is 31.6 Å². The smallest absolute Gasteiger partial charge is 0.270 e. The van der Waals surface area contributed by atoms with Crippen molar-refractivity contribution in [2.75, 3.05) is 19.6 Å². The van der Waals surface area contributed by atoms with Gasteiger partial charge in [-0.25, -0.2) is 5.01 Å². The van der Waals surface area contributed by atoms with Crippen LogP contribution in [0.15, 0.2) is 11.2 Å². The van der Waals surface area contributed by atoms with E-state index < -0.39 is 0 Å². The molecule has 2 aliphatic heterocycles. The Morgan fingerprint density at radius 1 is 1.43 bits per heavy atom. The van der Waals surface area contributed by atoms with E-state index in [1.165, 1.54) is 5.01 Å². The van der Waals surface area contributed by atoms with Crippen molar-refractivity contribution in [3.05, 3.63) is 17.5 Å². The third-order valence-electron chi connectivity index (χ3n) is 4.50. The Balaban J connectivity index is 1.71. The maximum absolute atomic E-state index is 12.7. The predicted octanol–water partition coefficient (Wildman–Crippen LogP) is 1.42. The molecule has 1 fully saturated rings. The van der Waals surface area contributed by atoms with Crippen molar-refractivity contribution in [1.82, 2.24) is 20.1 Å². The van der Waals surface area contributed by atoms with E-state index in [9.17, 15) is 9.59 Å². The fourth-order valence-electron chi connectivity index (χ4n) is 3.24. The summed E-state index contributed by atoms with van der Waals surface area (Å²) in [5, 5.41) is 12.9. The molecule has 0 saturated carbocycles. The number of carbonyl (C=O) groups excluding carboxylic acids is 2. The summed E-state index contributed by atoms with van der Waals surface area (Å²) in [7, 11) is 0. The lowest BCUT2D eigenvalue weighted by Crippen LogP contribution is -2.45. The molecule has 7 heteroatoms. The molecule has 3 rings (SSSR count). The molecule has 23 heavy (non-hydrogen) atoms. The Bertz CT molecular complexity index is 636. The van der Waals surface area contributed by atoms with Crippen molar-refractivity contribution in [2.24, 2.45) is 5.10 Å². The quantitative estimate of drug-likeness (QED) is 0.915. The van der Waals surface area contributed by atoms with E-state index in [1.807, 2.05) is 24.8 Å². The first-order chi connectivity index (χ1) is 11.1. The van der Waals surface area contributed by atoms with Gasteiger partial charge < -0.3 is 4.90 Å². The summed E-state index contributed by atoms with van der Waals surface area (Å²) in [6.45, 7) is 5.77. The largest absolute Gasteiger partial charge is 0.337 e. The van der Waals surface area contributed by atoms with Crippen LogP contribution in [-0.4, -0.2) is 57.3 Å². The van der Waals surface area contributed by atoms with Crippen LogP contribution in [0.4, 0.5) is 0 Å². The Kier molecular flexibility index (Phi) is 4.45. The molecule has 2 aliphatic rings. The molecule has 124 valence electrons. The van der Waals surface area contributed by atoms with Crippen LogP contribution < -0.4 is 0 Å². The molecule has 0 radical (unpaired) electrons. The number of nitrogens with zero attached hydrogens (tertiary/aromatic N) is 4. The topological polar surface area (TPSA) is 81.7 Å². The van der Waals surface area contributed by atoms with Crippen molar-refractivity contribution in [2.45, 2.75) is 45.4 Å². The number of aromatic nitrogens is 2. The van der Waals surface area contributed by atoms with Crippen LogP contribution >= 0.6 is 0 Å². The molecule has 1 aromatic rings. The van der Waals surface area contributed by atoms with Gasteiger partial charge in [-0.15, -0.1) is 0 Å². The third-order valence-corrected chi connectivity index (χ3v) is 4.50. The molecule has 7 nitrogen and oxygen atoms in total. The van der Waals surface area contributed by atoms with Gasteiger partial charge in [-0.3, -0.25) is 14.7 Å². The number of aryl methyl sites for hydroxylation is 1. The van der Waals surface area contributed by atoms with E-state index in [0.717, 1.165) is 30.8 Å². The monoisotopic (exact) mass is 317 g/mol. The zero-order valence-electron chi connectivity index (χ0n) is 13.7. The lowest BCUT2D eigenvalue weighted by molar-refractivity contribution is -0.132. The van der Waals surface area contributed by atoms with E-state index in [1.54, 1.807) is 0 Å². The average molecular weight is 317 g/mol. The van der Waals surface area contributed by atoms with Crippen LogP contribution in [0, 0.1) is 6.92 Å². The van der Waals surface area contributed by atoms with Gasteiger partial charge in [-0.05, 0) is 32.8 Å². The van der Waals surface area contributed by atoms with Crippen molar-refractivity contribution >= 4 is 17.5 Å². The van der Waals surface area contributed by atoms with Crippen molar-refractivity contribution in [3.63, 3.8) is 0 Å². The van der Waals surface area contributed by atoms with Gasteiger partial charge in [0, 0.05) is 44.1 Å². The predicted molar refractivity (Wildman–Crippen MR) is 85.9 cm³/mol. The standard InChI is InChI=1S/C16H23N5O2/c1-3-21-15(22)7-6-13(19-21)16(23)20-8-4-5-12(10-20)14-9-11(2)17-18-14/h9,12H,3-8,10H2,1-2H3,(H,17,18)/t12-/m0/s1. The summed E-state index contributed by atoms with van der Waals surface area (Å²) in [6.07, 6.45) is 2.82. The second-order valence-corrected chi connectivity index (χ2v) is 6.22. The zero-order valence-corrected chi connectivity index (χ0v) is 13.7.